The fraction of sp³-hybridized carbons (Fsp3) is 0.115. The van der Waals surface area contributed by atoms with Gasteiger partial charge in [-0.25, -0.2) is 0 Å². The van der Waals surface area contributed by atoms with Crippen LogP contribution in [0.15, 0.2) is 79.1 Å². The minimum Gasteiger partial charge on any atom is -0.326 e. The minimum atomic E-state index is -0.328. The van der Waals surface area contributed by atoms with E-state index in [0.717, 1.165) is 22.4 Å². The maximum absolute atomic E-state index is 12.8. The molecule has 1 aliphatic rings. The third kappa shape index (κ3) is 4.95. The van der Waals surface area contributed by atoms with Crippen molar-refractivity contribution >= 4 is 35.7 Å². The summed E-state index contributed by atoms with van der Waals surface area (Å²) in [6, 6.07) is 20.9. The first kappa shape index (κ1) is 20.3. The number of nitrogens with zero attached hydrogens (tertiary/aromatic N) is 2. The number of benzene rings is 2. The summed E-state index contributed by atoms with van der Waals surface area (Å²) in [5, 5.41) is 2.97. The van der Waals surface area contributed by atoms with Gasteiger partial charge in [0, 0.05) is 25.0 Å². The number of carbonyl (C=O) groups excluding carboxylic acids is 2. The van der Waals surface area contributed by atoms with Crippen LogP contribution in [0.5, 0.6) is 0 Å². The highest BCUT2D eigenvalue weighted by Gasteiger charge is 2.28. The molecule has 154 valence electrons. The highest BCUT2D eigenvalue weighted by molar-refractivity contribution is 5.92. The molecular formula is C26H23N3O2. The van der Waals surface area contributed by atoms with Crippen LogP contribution in [-0.2, 0) is 9.59 Å². The van der Waals surface area contributed by atoms with Gasteiger partial charge in [0.05, 0.1) is 18.2 Å². The van der Waals surface area contributed by atoms with Crippen LogP contribution in [-0.4, -0.2) is 21.7 Å². The van der Waals surface area contributed by atoms with Crippen molar-refractivity contribution in [3.63, 3.8) is 0 Å². The Morgan fingerprint density at radius 3 is 2.68 bits per heavy atom. The first-order valence-electron chi connectivity index (χ1n) is 10.2. The van der Waals surface area contributed by atoms with Gasteiger partial charge in [0.15, 0.2) is 0 Å². The van der Waals surface area contributed by atoms with E-state index in [1.807, 2.05) is 85.0 Å². The predicted octanol–water partition coefficient (Wildman–Crippen LogP) is 5.15. The zero-order valence-corrected chi connectivity index (χ0v) is 17.2. The zero-order chi connectivity index (χ0) is 21.6. The third-order valence-corrected chi connectivity index (χ3v) is 5.15. The highest BCUT2D eigenvalue weighted by Crippen LogP contribution is 2.33. The SMILES string of the molecule is CC(=O)N1C=Cc2ccccc2C1CC(=O)Nc1cccc(C=Cc2ccccn2)c1. The lowest BCUT2D eigenvalue weighted by Gasteiger charge is -2.32. The van der Waals surface area contributed by atoms with E-state index in [0.29, 0.717) is 5.69 Å². The number of fused-ring (bicyclic) bond motifs is 1. The lowest BCUT2D eigenvalue weighted by Crippen LogP contribution is -2.33. The van der Waals surface area contributed by atoms with E-state index in [4.69, 9.17) is 0 Å². The molecule has 0 bridgehead atoms. The molecule has 31 heavy (non-hydrogen) atoms. The van der Waals surface area contributed by atoms with Gasteiger partial charge in [0.1, 0.15) is 0 Å². The number of pyridine rings is 1. The lowest BCUT2D eigenvalue weighted by molar-refractivity contribution is -0.129. The van der Waals surface area contributed by atoms with Crippen LogP contribution in [0.4, 0.5) is 5.69 Å². The summed E-state index contributed by atoms with van der Waals surface area (Å²) in [5.74, 6) is -0.239. The molecule has 4 rings (SSSR count). The molecule has 0 aliphatic carbocycles. The molecular weight excluding hydrogens is 386 g/mol. The second kappa shape index (κ2) is 9.22. The second-order valence-corrected chi connectivity index (χ2v) is 7.35. The standard InChI is InChI=1S/C26H23N3O2/c1-19(30)29-16-14-21-8-2-3-11-24(21)25(29)18-26(31)28-23-10-6-7-20(17-23)12-13-22-9-4-5-15-27-22/h2-17,25H,18H2,1H3,(H,28,31). The van der Waals surface area contributed by atoms with E-state index in [9.17, 15) is 9.59 Å². The number of hydrogen-bond donors (Lipinski definition) is 1. The minimum absolute atomic E-state index is 0.0924. The fourth-order valence-electron chi connectivity index (χ4n) is 3.68. The molecule has 0 fully saturated rings. The molecule has 3 aromatic rings. The summed E-state index contributed by atoms with van der Waals surface area (Å²) in [6.07, 6.45) is 9.47. The van der Waals surface area contributed by atoms with E-state index < -0.39 is 0 Å². The Morgan fingerprint density at radius 1 is 1.03 bits per heavy atom. The molecule has 1 N–H and O–H groups in total. The maximum atomic E-state index is 12.8. The first-order chi connectivity index (χ1) is 15.1. The summed E-state index contributed by atoms with van der Waals surface area (Å²) < 4.78 is 0. The van der Waals surface area contributed by atoms with Gasteiger partial charge in [-0.3, -0.25) is 14.6 Å². The van der Waals surface area contributed by atoms with Gasteiger partial charge in [-0.1, -0.05) is 48.5 Å². The van der Waals surface area contributed by atoms with E-state index >= 15 is 0 Å². The van der Waals surface area contributed by atoms with Gasteiger partial charge in [0.25, 0.3) is 0 Å². The van der Waals surface area contributed by atoms with Crippen LogP contribution < -0.4 is 5.32 Å². The van der Waals surface area contributed by atoms with Crippen LogP contribution in [0.2, 0.25) is 0 Å². The van der Waals surface area contributed by atoms with Crippen LogP contribution in [0.25, 0.3) is 18.2 Å². The van der Waals surface area contributed by atoms with Crippen molar-refractivity contribution in [2.45, 2.75) is 19.4 Å². The molecule has 0 saturated carbocycles. The van der Waals surface area contributed by atoms with Crippen LogP contribution in [0.1, 0.15) is 41.8 Å². The number of aromatic nitrogens is 1. The molecule has 1 unspecified atom stereocenters. The van der Waals surface area contributed by atoms with E-state index in [1.165, 1.54) is 6.92 Å². The zero-order valence-electron chi connectivity index (χ0n) is 17.2. The second-order valence-electron chi connectivity index (χ2n) is 7.35. The van der Waals surface area contributed by atoms with Crippen molar-refractivity contribution in [2.24, 2.45) is 0 Å². The lowest BCUT2D eigenvalue weighted by atomic mass is 9.93. The van der Waals surface area contributed by atoms with E-state index in [-0.39, 0.29) is 24.3 Å². The number of carbonyl (C=O) groups is 2. The number of rotatable bonds is 5. The average molecular weight is 409 g/mol. The Kier molecular flexibility index (Phi) is 6.03. The van der Waals surface area contributed by atoms with Crippen molar-refractivity contribution in [3.05, 3.63) is 102 Å². The fourth-order valence-corrected chi connectivity index (χ4v) is 3.68. The molecule has 0 saturated heterocycles. The molecule has 1 atom stereocenters. The molecule has 2 heterocycles. The Morgan fingerprint density at radius 2 is 1.87 bits per heavy atom. The van der Waals surface area contributed by atoms with Crippen molar-refractivity contribution in [2.75, 3.05) is 5.32 Å². The monoisotopic (exact) mass is 409 g/mol. The van der Waals surface area contributed by atoms with Gasteiger partial charge >= 0.3 is 0 Å². The Labute approximate surface area is 181 Å². The van der Waals surface area contributed by atoms with Gasteiger partial charge in [-0.15, -0.1) is 0 Å². The van der Waals surface area contributed by atoms with Gasteiger partial charge in [0.2, 0.25) is 11.8 Å². The normalized spacial score (nSPS) is 15.0. The van der Waals surface area contributed by atoms with Crippen molar-refractivity contribution in [3.8, 4) is 0 Å². The summed E-state index contributed by atoms with van der Waals surface area (Å²) in [6.45, 7) is 1.51. The average Bonchev–Trinajstić information content (AvgIpc) is 2.78. The Balaban J connectivity index is 1.48. The van der Waals surface area contributed by atoms with Crippen molar-refractivity contribution in [1.82, 2.24) is 9.88 Å². The molecule has 0 spiro atoms. The van der Waals surface area contributed by atoms with Crippen LogP contribution >= 0.6 is 0 Å². The van der Waals surface area contributed by atoms with Gasteiger partial charge in [-0.05, 0) is 53.1 Å². The topological polar surface area (TPSA) is 62.3 Å². The summed E-state index contributed by atoms with van der Waals surface area (Å²) in [4.78, 5) is 30.9. The molecule has 5 nitrogen and oxygen atoms in total. The first-order valence-corrected chi connectivity index (χ1v) is 10.2. The summed E-state index contributed by atoms with van der Waals surface area (Å²) >= 11 is 0. The number of nitrogens with one attached hydrogen (secondary N) is 1. The number of amides is 2. The van der Waals surface area contributed by atoms with E-state index in [1.54, 1.807) is 17.3 Å². The van der Waals surface area contributed by atoms with Gasteiger partial charge in [-0.2, -0.15) is 0 Å². The number of hydrogen-bond acceptors (Lipinski definition) is 3. The van der Waals surface area contributed by atoms with Crippen molar-refractivity contribution < 1.29 is 9.59 Å². The molecule has 1 aromatic heterocycles. The quantitative estimate of drug-likeness (QED) is 0.634. The molecule has 1 aliphatic heterocycles. The van der Waals surface area contributed by atoms with Crippen LogP contribution in [0.3, 0.4) is 0 Å². The van der Waals surface area contributed by atoms with Crippen LogP contribution in [0, 0.1) is 0 Å². The summed E-state index contributed by atoms with van der Waals surface area (Å²) in [5.41, 5.74) is 4.54. The van der Waals surface area contributed by atoms with Gasteiger partial charge < -0.3 is 10.2 Å². The maximum Gasteiger partial charge on any atom is 0.226 e. The molecule has 0 radical (unpaired) electrons. The Hall–Kier alpha value is -3.99. The summed E-state index contributed by atoms with van der Waals surface area (Å²) in [7, 11) is 0. The molecule has 2 amide bonds. The Bertz CT molecular complexity index is 1150. The largest absolute Gasteiger partial charge is 0.326 e. The van der Waals surface area contributed by atoms with E-state index in [2.05, 4.69) is 10.3 Å². The predicted molar refractivity (Wildman–Crippen MR) is 124 cm³/mol. The molecule has 5 heteroatoms. The third-order valence-electron chi connectivity index (χ3n) is 5.15. The smallest absolute Gasteiger partial charge is 0.226 e. The highest BCUT2D eigenvalue weighted by atomic mass is 16.2. The van der Waals surface area contributed by atoms with Crippen molar-refractivity contribution in [1.29, 1.82) is 0 Å². The number of anilines is 1. The molecule has 2 aromatic carbocycles.